The Balaban J connectivity index is 1.88. The van der Waals surface area contributed by atoms with Gasteiger partial charge in [0.05, 0.1) is 5.69 Å². The van der Waals surface area contributed by atoms with E-state index in [9.17, 15) is 19.8 Å². The van der Waals surface area contributed by atoms with Gasteiger partial charge in [0.25, 0.3) is 0 Å². The van der Waals surface area contributed by atoms with Gasteiger partial charge in [0.15, 0.2) is 5.89 Å². The Labute approximate surface area is 160 Å². The molecule has 2 rings (SSSR count). The first-order valence-corrected chi connectivity index (χ1v) is 10.0. The van der Waals surface area contributed by atoms with Crippen LogP contribution in [0.1, 0.15) is 70.4 Å². The lowest BCUT2D eigenvalue weighted by Gasteiger charge is -2.27. The van der Waals surface area contributed by atoms with Gasteiger partial charge in [-0.15, -0.1) is 0 Å². The van der Waals surface area contributed by atoms with E-state index < -0.39 is 18.1 Å². The summed E-state index contributed by atoms with van der Waals surface area (Å²) in [5.74, 6) is 0.421. The fraction of sp³-hybridized carbons (Fsp3) is 0.750. The minimum absolute atomic E-state index is 0.0893. The zero-order valence-electron chi connectivity index (χ0n) is 16.4. The Hall–Kier alpha value is -2.05. The summed E-state index contributed by atoms with van der Waals surface area (Å²) in [6.45, 7) is 3.85. The molecule has 0 aromatic carbocycles. The van der Waals surface area contributed by atoms with Crippen molar-refractivity contribution in [3.05, 3.63) is 17.8 Å². The van der Waals surface area contributed by atoms with E-state index in [1.807, 2.05) is 13.8 Å². The van der Waals surface area contributed by atoms with Crippen molar-refractivity contribution in [2.75, 3.05) is 6.54 Å². The number of hydrogen-bond acceptors (Lipinski definition) is 4. The van der Waals surface area contributed by atoms with Gasteiger partial charge in [-0.2, -0.15) is 0 Å². The second-order valence-electron chi connectivity index (χ2n) is 7.98. The molecule has 1 aliphatic carbocycles. The van der Waals surface area contributed by atoms with Crippen LogP contribution in [0.5, 0.6) is 0 Å². The number of carbonyl (C=O) groups is 2. The Morgan fingerprint density at radius 1 is 1.22 bits per heavy atom. The Morgan fingerprint density at radius 2 is 1.93 bits per heavy atom. The number of nitrogens with zero attached hydrogens (tertiary/aromatic N) is 2. The lowest BCUT2D eigenvalue weighted by molar-refractivity contribution is -0.143. The lowest BCUT2D eigenvalue weighted by Crippen LogP contribution is -2.46. The molecule has 1 amide bonds. The van der Waals surface area contributed by atoms with Gasteiger partial charge >= 0.3 is 12.1 Å². The van der Waals surface area contributed by atoms with Crippen LogP contribution in [0.4, 0.5) is 4.79 Å². The second-order valence-corrected chi connectivity index (χ2v) is 7.98. The van der Waals surface area contributed by atoms with Crippen LogP contribution in [0, 0.1) is 11.8 Å². The fourth-order valence-electron chi connectivity index (χ4n) is 3.81. The van der Waals surface area contributed by atoms with Gasteiger partial charge in [-0.3, -0.25) is 4.90 Å². The molecule has 0 spiro atoms. The fourth-order valence-corrected chi connectivity index (χ4v) is 3.81. The standard InChI is InChI=1S/C20H32N2O5/c1-14(2)12-17(19(23)24)22(20(25)26)11-10-16-13-27-18(21-16)9-8-15-6-4-3-5-7-15/h13-15,17H,3-12H2,1-2H3,(H,23,24)(H,25,26). The minimum atomic E-state index is -1.22. The van der Waals surface area contributed by atoms with Gasteiger partial charge in [0.1, 0.15) is 12.3 Å². The smallest absolute Gasteiger partial charge is 0.408 e. The molecule has 1 aromatic heterocycles. The van der Waals surface area contributed by atoms with Crippen molar-refractivity contribution >= 4 is 12.1 Å². The lowest BCUT2D eigenvalue weighted by atomic mass is 9.86. The molecule has 2 N–H and O–H groups in total. The number of oxazole rings is 1. The third-order valence-electron chi connectivity index (χ3n) is 5.30. The number of carboxylic acid groups (broad SMARTS) is 2. The summed E-state index contributed by atoms with van der Waals surface area (Å²) in [6.07, 6.45) is 9.40. The third kappa shape index (κ3) is 6.88. The molecule has 1 atom stereocenters. The zero-order valence-corrected chi connectivity index (χ0v) is 16.4. The van der Waals surface area contributed by atoms with Gasteiger partial charge in [-0.25, -0.2) is 14.6 Å². The van der Waals surface area contributed by atoms with E-state index in [0.717, 1.165) is 23.7 Å². The normalized spacial score (nSPS) is 16.4. The first-order chi connectivity index (χ1) is 12.9. The Kier molecular flexibility index (Phi) is 8.13. The molecular formula is C20H32N2O5. The molecule has 1 unspecified atom stereocenters. The van der Waals surface area contributed by atoms with Gasteiger partial charge in [0, 0.05) is 19.4 Å². The van der Waals surface area contributed by atoms with Crippen molar-refractivity contribution in [1.82, 2.24) is 9.88 Å². The van der Waals surface area contributed by atoms with Crippen molar-refractivity contribution in [1.29, 1.82) is 0 Å². The topological polar surface area (TPSA) is 104 Å². The summed E-state index contributed by atoms with van der Waals surface area (Å²) < 4.78 is 5.53. The van der Waals surface area contributed by atoms with Crippen LogP contribution < -0.4 is 0 Å². The molecule has 0 saturated heterocycles. The van der Waals surface area contributed by atoms with Crippen LogP contribution in [-0.2, 0) is 17.6 Å². The van der Waals surface area contributed by atoms with Crippen LogP contribution in [0.2, 0.25) is 0 Å². The summed E-state index contributed by atoms with van der Waals surface area (Å²) >= 11 is 0. The van der Waals surface area contributed by atoms with Crippen LogP contribution >= 0.6 is 0 Å². The number of aliphatic carboxylic acids is 1. The average molecular weight is 380 g/mol. The summed E-state index contributed by atoms with van der Waals surface area (Å²) in [5, 5.41) is 18.8. The maximum Gasteiger partial charge on any atom is 0.408 e. The summed E-state index contributed by atoms with van der Waals surface area (Å²) in [5.41, 5.74) is 0.675. The molecule has 0 bridgehead atoms. The van der Waals surface area contributed by atoms with Crippen LogP contribution in [0.15, 0.2) is 10.7 Å². The third-order valence-corrected chi connectivity index (χ3v) is 5.30. The van der Waals surface area contributed by atoms with E-state index in [-0.39, 0.29) is 18.9 Å². The molecule has 27 heavy (non-hydrogen) atoms. The Morgan fingerprint density at radius 3 is 2.52 bits per heavy atom. The molecule has 0 aliphatic heterocycles. The maximum atomic E-state index is 11.5. The average Bonchev–Trinajstić information content (AvgIpc) is 3.07. The molecule has 0 radical (unpaired) electrons. The maximum absolute atomic E-state index is 11.5. The van der Waals surface area contributed by atoms with Crippen molar-refractivity contribution in [3.63, 3.8) is 0 Å². The highest BCUT2D eigenvalue weighted by atomic mass is 16.4. The van der Waals surface area contributed by atoms with E-state index >= 15 is 0 Å². The summed E-state index contributed by atoms with van der Waals surface area (Å²) in [7, 11) is 0. The molecule has 1 fully saturated rings. The molecule has 7 heteroatoms. The number of aromatic nitrogens is 1. The highest BCUT2D eigenvalue weighted by molar-refractivity contribution is 5.79. The molecule has 152 valence electrons. The van der Waals surface area contributed by atoms with Crippen LogP contribution in [0.25, 0.3) is 0 Å². The van der Waals surface area contributed by atoms with Crippen LogP contribution in [-0.4, -0.2) is 44.7 Å². The quantitative estimate of drug-likeness (QED) is 0.630. The van der Waals surface area contributed by atoms with Gasteiger partial charge in [-0.05, 0) is 24.7 Å². The molecule has 1 heterocycles. The first-order valence-electron chi connectivity index (χ1n) is 10.0. The number of amides is 1. The van der Waals surface area contributed by atoms with Crippen LogP contribution in [0.3, 0.4) is 0 Å². The number of aryl methyl sites for hydroxylation is 1. The van der Waals surface area contributed by atoms with Crippen molar-refractivity contribution < 1.29 is 24.2 Å². The second kappa shape index (κ2) is 10.3. The summed E-state index contributed by atoms with van der Waals surface area (Å²) in [6, 6.07) is -1.04. The molecule has 1 aliphatic rings. The number of carboxylic acids is 1. The summed E-state index contributed by atoms with van der Waals surface area (Å²) in [4.78, 5) is 28.5. The van der Waals surface area contributed by atoms with E-state index in [1.165, 1.54) is 32.1 Å². The first kappa shape index (κ1) is 21.3. The number of rotatable bonds is 10. The Bertz CT molecular complexity index is 607. The minimum Gasteiger partial charge on any atom is -0.480 e. The molecular weight excluding hydrogens is 348 g/mol. The highest BCUT2D eigenvalue weighted by Crippen LogP contribution is 2.27. The largest absolute Gasteiger partial charge is 0.480 e. The monoisotopic (exact) mass is 380 g/mol. The van der Waals surface area contributed by atoms with E-state index in [2.05, 4.69) is 4.98 Å². The number of hydrogen-bond donors (Lipinski definition) is 2. The van der Waals surface area contributed by atoms with Gasteiger partial charge in [0.2, 0.25) is 0 Å². The predicted octanol–water partition coefficient (Wildman–Crippen LogP) is 4.21. The van der Waals surface area contributed by atoms with E-state index in [4.69, 9.17) is 4.42 Å². The molecule has 1 aromatic rings. The van der Waals surface area contributed by atoms with Crippen molar-refractivity contribution in [3.8, 4) is 0 Å². The van der Waals surface area contributed by atoms with Crippen molar-refractivity contribution in [2.24, 2.45) is 11.8 Å². The zero-order chi connectivity index (χ0) is 19.8. The van der Waals surface area contributed by atoms with Crippen molar-refractivity contribution in [2.45, 2.75) is 77.7 Å². The van der Waals surface area contributed by atoms with Gasteiger partial charge in [-0.1, -0.05) is 46.0 Å². The predicted molar refractivity (Wildman–Crippen MR) is 101 cm³/mol. The molecule has 1 saturated carbocycles. The molecule has 7 nitrogen and oxygen atoms in total. The van der Waals surface area contributed by atoms with E-state index in [0.29, 0.717) is 18.0 Å². The van der Waals surface area contributed by atoms with E-state index in [1.54, 1.807) is 6.26 Å². The van der Waals surface area contributed by atoms with Gasteiger partial charge < -0.3 is 14.6 Å². The highest BCUT2D eigenvalue weighted by Gasteiger charge is 2.30. The SMILES string of the molecule is CC(C)CC(C(=O)O)N(CCc1coc(CCC2CCCCC2)n1)C(=O)O.